The normalized spacial score (nSPS) is 12.2. The molecule has 2 heterocycles. The number of pyridine rings is 1. The quantitative estimate of drug-likeness (QED) is 0.456. The molecule has 172 valence electrons. The Morgan fingerprint density at radius 2 is 1.76 bits per heavy atom. The zero-order chi connectivity index (χ0) is 24.0. The highest BCUT2D eigenvalue weighted by Crippen LogP contribution is 2.31. The van der Waals surface area contributed by atoms with Gasteiger partial charge in [0.1, 0.15) is 5.82 Å². The molecule has 0 saturated heterocycles. The number of fused-ring (bicyclic) bond motifs is 1. The van der Waals surface area contributed by atoms with E-state index in [9.17, 15) is 31.5 Å². The summed E-state index contributed by atoms with van der Waals surface area (Å²) in [7, 11) is -3.82. The number of alkyl halides is 3. The number of benzene rings is 2. The van der Waals surface area contributed by atoms with Gasteiger partial charge in [0.05, 0.1) is 28.8 Å². The summed E-state index contributed by atoms with van der Waals surface area (Å²) in [5, 5.41) is 14.1. The van der Waals surface area contributed by atoms with Crippen LogP contribution in [-0.2, 0) is 16.4 Å². The Balaban J connectivity index is 1.74. The number of nitrogens with one attached hydrogen (secondary N) is 1. The number of sulfone groups is 1. The van der Waals surface area contributed by atoms with Crippen molar-refractivity contribution in [2.75, 3.05) is 12.4 Å². The first-order valence-electron chi connectivity index (χ1n) is 9.52. The number of hydrogen-bond acceptors (Lipinski definition) is 6. The minimum atomic E-state index is -5.53. The first kappa shape index (κ1) is 22.4. The maximum atomic E-state index is 13.0. The van der Waals surface area contributed by atoms with Crippen LogP contribution in [0.5, 0.6) is 5.88 Å². The highest BCUT2D eigenvalue weighted by Gasteiger charge is 2.46. The van der Waals surface area contributed by atoms with Crippen molar-refractivity contribution in [2.24, 2.45) is 0 Å². The lowest BCUT2D eigenvalue weighted by atomic mass is 10.1. The number of para-hydroxylation sites is 1. The molecule has 0 radical (unpaired) electrons. The minimum absolute atomic E-state index is 0.00729. The maximum absolute atomic E-state index is 13.0. The topological polar surface area (TPSA) is 106 Å². The van der Waals surface area contributed by atoms with Crippen molar-refractivity contribution in [3.05, 3.63) is 76.8 Å². The van der Waals surface area contributed by atoms with Crippen LogP contribution in [0.15, 0.2) is 70.5 Å². The van der Waals surface area contributed by atoms with Gasteiger partial charge in [0.15, 0.2) is 0 Å². The van der Waals surface area contributed by atoms with Gasteiger partial charge in [-0.2, -0.15) is 13.2 Å². The van der Waals surface area contributed by atoms with Crippen LogP contribution in [0.3, 0.4) is 0 Å². The number of imidazole rings is 1. The van der Waals surface area contributed by atoms with Crippen LogP contribution in [0, 0.1) is 0 Å². The third kappa shape index (κ3) is 3.93. The predicted molar refractivity (Wildman–Crippen MR) is 115 cm³/mol. The van der Waals surface area contributed by atoms with Crippen molar-refractivity contribution in [3.8, 4) is 11.6 Å². The molecule has 0 aliphatic rings. The summed E-state index contributed by atoms with van der Waals surface area (Å²) >= 11 is 0. The van der Waals surface area contributed by atoms with E-state index in [0.717, 1.165) is 39.8 Å². The van der Waals surface area contributed by atoms with Gasteiger partial charge in [0.25, 0.3) is 9.84 Å². The van der Waals surface area contributed by atoms with E-state index in [1.165, 1.54) is 10.8 Å². The molecule has 0 amide bonds. The van der Waals surface area contributed by atoms with E-state index >= 15 is 0 Å². The van der Waals surface area contributed by atoms with E-state index < -0.39 is 31.8 Å². The molecule has 0 fully saturated rings. The number of halogens is 3. The van der Waals surface area contributed by atoms with Gasteiger partial charge in [-0.15, -0.1) is 0 Å². The summed E-state index contributed by atoms with van der Waals surface area (Å²) in [6.07, 6.45) is 1.19. The van der Waals surface area contributed by atoms with Gasteiger partial charge in [-0.25, -0.2) is 22.8 Å². The SMILES string of the molecule is CNc1cc(Cn2cc(O)n(-c3ccc(S(=O)(=O)C(F)(F)F)cc3)c2=O)c2ccccc2n1. The highest BCUT2D eigenvalue weighted by molar-refractivity contribution is 7.92. The molecule has 0 unspecified atom stereocenters. The number of anilines is 1. The van der Waals surface area contributed by atoms with Gasteiger partial charge in [0.2, 0.25) is 5.88 Å². The summed E-state index contributed by atoms with van der Waals surface area (Å²) in [6.45, 7) is 0.0810. The largest absolute Gasteiger partial charge is 0.501 e. The Morgan fingerprint density at radius 1 is 1.09 bits per heavy atom. The maximum Gasteiger partial charge on any atom is 0.501 e. The zero-order valence-corrected chi connectivity index (χ0v) is 17.9. The average Bonchev–Trinajstić information content (AvgIpc) is 3.05. The van der Waals surface area contributed by atoms with Crippen LogP contribution >= 0.6 is 0 Å². The Bertz CT molecular complexity index is 1510. The summed E-state index contributed by atoms with van der Waals surface area (Å²) < 4.78 is 63.4. The van der Waals surface area contributed by atoms with E-state index in [1.54, 1.807) is 13.1 Å². The molecular formula is C21H17F3N4O4S. The molecule has 2 aromatic carbocycles. The van der Waals surface area contributed by atoms with Gasteiger partial charge in [0, 0.05) is 12.4 Å². The molecule has 0 spiro atoms. The smallest absolute Gasteiger partial charge is 0.493 e. The van der Waals surface area contributed by atoms with Gasteiger partial charge in [-0.3, -0.25) is 4.57 Å². The first-order chi connectivity index (χ1) is 15.5. The molecular weight excluding hydrogens is 461 g/mol. The molecule has 0 aliphatic heterocycles. The predicted octanol–water partition coefficient (Wildman–Crippen LogP) is 3.28. The molecule has 0 bridgehead atoms. The van der Waals surface area contributed by atoms with E-state index in [0.29, 0.717) is 11.3 Å². The van der Waals surface area contributed by atoms with Crippen molar-refractivity contribution in [1.82, 2.24) is 14.1 Å². The van der Waals surface area contributed by atoms with E-state index in [-0.39, 0.29) is 12.2 Å². The lowest BCUT2D eigenvalue weighted by Gasteiger charge is -2.10. The zero-order valence-electron chi connectivity index (χ0n) is 17.0. The van der Waals surface area contributed by atoms with Crippen LogP contribution in [0.25, 0.3) is 16.6 Å². The molecule has 2 aromatic heterocycles. The summed E-state index contributed by atoms with van der Waals surface area (Å²) in [5.41, 5.74) is -4.65. The number of aromatic nitrogens is 3. The average molecular weight is 478 g/mol. The molecule has 0 atom stereocenters. The van der Waals surface area contributed by atoms with E-state index in [2.05, 4.69) is 10.3 Å². The second-order valence-electron chi connectivity index (χ2n) is 7.11. The number of aromatic hydroxyl groups is 1. The number of rotatable bonds is 5. The summed E-state index contributed by atoms with van der Waals surface area (Å²) in [4.78, 5) is 16.5. The van der Waals surface area contributed by atoms with Crippen molar-refractivity contribution in [3.63, 3.8) is 0 Å². The number of hydrogen-bond donors (Lipinski definition) is 2. The monoisotopic (exact) mass is 478 g/mol. The van der Waals surface area contributed by atoms with Crippen LogP contribution in [0.4, 0.5) is 19.0 Å². The summed E-state index contributed by atoms with van der Waals surface area (Å²) in [6, 6.07) is 12.6. The van der Waals surface area contributed by atoms with Crippen molar-refractivity contribution in [1.29, 1.82) is 0 Å². The van der Waals surface area contributed by atoms with Gasteiger partial charge in [-0.1, -0.05) is 18.2 Å². The molecule has 0 saturated carbocycles. The molecule has 2 N–H and O–H groups in total. The highest BCUT2D eigenvalue weighted by atomic mass is 32.2. The first-order valence-corrected chi connectivity index (χ1v) is 11.0. The van der Waals surface area contributed by atoms with E-state index in [4.69, 9.17) is 0 Å². The lowest BCUT2D eigenvalue weighted by molar-refractivity contribution is -0.0436. The van der Waals surface area contributed by atoms with Crippen LogP contribution < -0.4 is 11.0 Å². The Hall–Kier alpha value is -3.80. The second kappa shape index (κ2) is 7.96. The molecule has 4 aromatic rings. The Morgan fingerprint density at radius 3 is 2.39 bits per heavy atom. The van der Waals surface area contributed by atoms with Gasteiger partial charge < -0.3 is 10.4 Å². The van der Waals surface area contributed by atoms with Crippen molar-refractivity contribution in [2.45, 2.75) is 16.9 Å². The van der Waals surface area contributed by atoms with Crippen LogP contribution in [0.1, 0.15) is 5.56 Å². The van der Waals surface area contributed by atoms with Gasteiger partial charge >= 0.3 is 11.2 Å². The third-order valence-corrected chi connectivity index (χ3v) is 6.55. The molecule has 33 heavy (non-hydrogen) atoms. The standard InChI is InChI=1S/C21H17F3N4O4S/c1-25-18-10-13(16-4-2-3-5-17(16)26-18)11-27-12-19(29)28(20(27)30)14-6-8-15(9-7-14)33(31,32)21(22,23)24/h2-10,12,29H,11H2,1H3,(H,25,26). The second-order valence-corrected chi connectivity index (χ2v) is 9.05. The molecule has 8 nitrogen and oxygen atoms in total. The third-order valence-electron chi connectivity index (χ3n) is 5.05. The Labute approximate surface area is 185 Å². The molecule has 0 aliphatic carbocycles. The Kier molecular flexibility index (Phi) is 5.40. The molecule has 4 rings (SSSR count). The van der Waals surface area contributed by atoms with Crippen LogP contribution in [0.2, 0.25) is 0 Å². The lowest BCUT2D eigenvalue weighted by Crippen LogP contribution is -2.24. The van der Waals surface area contributed by atoms with Crippen LogP contribution in [-0.4, -0.2) is 40.2 Å². The number of nitrogens with zero attached hydrogens (tertiary/aromatic N) is 3. The summed E-state index contributed by atoms with van der Waals surface area (Å²) in [5.74, 6) is 0.125. The fourth-order valence-electron chi connectivity index (χ4n) is 3.43. The fraction of sp³-hybridized carbons (Fsp3) is 0.143. The van der Waals surface area contributed by atoms with Crippen molar-refractivity contribution >= 4 is 26.6 Å². The minimum Gasteiger partial charge on any atom is -0.493 e. The van der Waals surface area contributed by atoms with Gasteiger partial charge in [-0.05, 0) is 42.0 Å². The molecule has 12 heteroatoms. The van der Waals surface area contributed by atoms with E-state index in [1.807, 2.05) is 24.3 Å². The fourth-order valence-corrected chi connectivity index (χ4v) is 4.19. The van der Waals surface area contributed by atoms with Crippen molar-refractivity contribution < 1.29 is 26.7 Å².